The van der Waals surface area contributed by atoms with Crippen LogP contribution < -0.4 is 5.32 Å². The lowest BCUT2D eigenvalue weighted by Gasteiger charge is -2.30. The van der Waals surface area contributed by atoms with Gasteiger partial charge < -0.3 is 14.8 Å². The van der Waals surface area contributed by atoms with E-state index in [1.165, 1.54) is 12.8 Å². The molecule has 0 aliphatic carbocycles. The van der Waals surface area contributed by atoms with Gasteiger partial charge >= 0.3 is 0 Å². The third kappa shape index (κ3) is 3.42. The number of amides is 1. The second kappa shape index (κ2) is 6.93. The van der Waals surface area contributed by atoms with Crippen LogP contribution in [-0.4, -0.2) is 41.6 Å². The second-order valence-corrected chi connectivity index (χ2v) is 5.88. The Kier molecular flexibility index (Phi) is 5.24. The first-order chi connectivity index (χ1) is 9.63. The molecule has 0 saturated carbocycles. The van der Waals surface area contributed by atoms with Crippen LogP contribution in [0.4, 0.5) is 0 Å². The normalized spacial score (nSPS) is 19.1. The van der Waals surface area contributed by atoms with Gasteiger partial charge in [-0.25, -0.2) is 0 Å². The average molecular weight is 277 g/mol. The van der Waals surface area contributed by atoms with Gasteiger partial charge in [0.25, 0.3) is 5.91 Å². The molecule has 4 nitrogen and oxygen atoms in total. The number of rotatable bonds is 5. The Labute approximate surface area is 122 Å². The maximum Gasteiger partial charge on any atom is 0.270 e. The number of nitrogens with one attached hydrogen (secondary N) is 1. The van der Waals surface area contributed by atoms with Gasteiger partial charge in [-0.15, -0.1) is 0 Å². The summed E-state index contributed by atoms with van der Waals surface area (Å²) < 4.78 is 1.99. The number of piperidine rings is 1. The van der Waals surface area contributed by atoms with Crippen molar-refractivity contribution in [1.82, 2.24) is 14.8 Å². The van der Waals surface area contributed by atoms with E-state index in [0.29, 0.717) is 5.92 Å². The lowest BCUT2D eigenvalue weighted by Crippen LogP contribution is -2.41. The van der Waals surface area contributed by atoms with E-state index < -0.39 is 0 Å². The van der Waals surface area contributed by atoms with Crippen LogP contribution >= 0.6 is 0 Å². The molecule has 0 aromatic carbocycles. The summed E-state index contributed by atoms with van der Waals surface area (Å²) in [6, 6.07) is 3.96. The molecule has 0 spiro atoms. The monoisotopic (exact) mass is 277 g/mol. The molecule has 1 amide bonds. The summed E-state index contributed by atoms with van der Waals surface area (Å²) in [5.74, 6) is 0.772. The molecule has 1 unspecified atom stereocenters. The van der Waals surface area contributed by atoms with Crippen LogP contribution in [0, 0.1) is 12.8 Å². The Morgan fingerprint density at radius 1 is 1.50 bits per heavy atom. The molecule has 1 fully saturated rings. The highest BCUT2D eigenvalue weighted by molar-refractivity contribution is 5.93. The lowest BCUT2D eigenvalue weighted by molar-refractivity contribution is 0.0709. The number of aryl methyl sites for hydroxylation is 1. The van der Waals surface area contributed by atoms with Gasteiger partial charge in [0.15, 0.2) is 0 Å². The number of carbonyl (C=O) groups is 1. The van der Waals surface area contributed by atoms with Crippen molar-refractivity contribution in [2.24, 2.45) is 13.0 Å². The minimum atomic E-state index is 0.174. The van der Waals surface area contributed by atoms with Crippen molar-refractivity contribution in [3.05, 3.63) is 23.5 Å². The smallest absolute Gasteiger partial charge is 0.270 e. The van der Waals surface area contributed by atoms with Crippen molar-refractivity contribution in [3.63, 3.8) is 0 Å². The number of aromatic nitrogens is 1. The van der Waals surface area contributed by atoms with E-state index in [4.69, 9.17) is 0 Å². The van der Waals surface area contributed by atoms with Crippen molar-refractivity contribution in [1.29, 1.82) is 0 Å². The molecule has 1 N–H and O–H groups in total. The van der Waals surface area contributed by atoms with Crippen LogP contribution in [0.15, 0.2) is 12.1 Å². The number of nitrogens with zero attached hydrogens (tertiary/aromatic N) is 2. The zero-order valence-electron chi connectivity index (χ0n) is 13.0. The van der Waals surface area contributed by atoms with Crippen LogP contribution in [-0.2, 0) is 7.05 Å². The Bertz CT molecular complexity index is 447. The van der Waals surface area contributed by atoms with E-state index in [1.54, 1.807) is 0 Å². The number of carbonyl (C=O) groups excluding carboxylic acids is 1. The molecule has 1 saturated heterocycles. The van der Waals surface area contributed by atoms with E-state index in [9.17, 15) is 4.79 Å². The average Bonchev–Trinajstić information content (AvgIpc) is 2.79. The first-order valence-corrected chi connectivity index (χ1v) is 7.75. The summed E-state index contributed by atoms with van der Waals surface area (Å²) in [7, 11) is 1.97. The van der Waals surface area contributed by atoms with Crippen LogP contribution in [0.3, 0.4) is 0 Å². The Balaban J connectivity index is 2.06. The maximum atomic E-state index is 12.7. The first kappa shape index (κ1) is 15.1. The Morgan fingerprint density at radius 2 is 2.30 bits per heavy atom. The fourth-order valence-corrected chi connectivity index (χ4v) is 2.93. The summed E-state index contributed by atoms with van der Waals surface area (Å²) in [6.45, 7) is 8.06. The molecule has 1 aliphatic rings. The van der Waals surface area contributed by atoms with Crippen molar-refractivity contribution in [2.45, 2.75) is 33.1 Å². The highest BCUT2D eigenvalue weighted by Crippen LogP contribution is 2.15. The van der Waals surface area contributed by atoms with Crippen molar-refractivity contribution in [3.8, 4) is 0 Å². The molecular weight excluding hydrogens is 250 g/mol. The molecule has 2 rings (SSSR count). The lowest BCUT2D eigenvalue weighted by atomic mass is 9.99. The van der Waals surface area contributed by atoms with Crippen LogP contribution in [0.25, 0.3) is 0 Å². The Hall–Kier alpha value is -1.29. The molecule has 1 aromatic heterocycles. The largest absolute Gasteiger partial charge is 0.344 e. The molecular formula is C16H27N3O. The zero-order valence-corrected chi connectivity index (χ0v) is 13.0. The standard InChI is InChI=1S/C16H27N3O/c1-4-10-19(12-14-6-5-9-17-11-14)16(20)15-8-7-13(2)18(15)3/h7-8,14,17H,4-6,9-12H2,1-3H3. The zero-order chi connectivity index (χ0) is 14.5. The van der Waals surface area contributed by atoms with Gasteiger partial charge in [-0.3, -0.25) is 4.79 Å². The summed E-state index contributed by atoms with van der Waals surface area (Å²) in [5.41, 5.74) is 1.93. The number of hydrogen-bond donors (Lipinski definition) is 1. The van der Waals surface area contributed by atoms with Gasteiger partial charge in [-0.1, -0.05) is 6.92 Å². The summed E-state index contributed by atoms with van der Waals surface area (Å²) in [4.78, 5) is 14.8. The molecule has 1 atom stereocenters. The second-order valence-electron chi connectivity index (χ2n) is 5.88. The predicted molar refractivity (Wildman–Crippen MR) is 81.9 cm³/mol. The fourth-order valence-electron chi connectivity index (χ4n) is 2.93. The highest BCUT2D eigenvalue weighted by Gasteiger charge is 2.22. The van der Waals surface area contributed by atoms with E-state index in [-0.39, 0.29) is 5.91 Å². The minimum Gasteiger partial charge on any atom is -0.344 e. The highest BCUT2D eigenvalue weighted by atomic mass is 16.2. The maximum absolute atomic E-state index is 12.7. The van der Waals surface area contributed by atoms with Crippen LogP contribution in [0.2, 0.25) is 0 Å². The SMILES string of the molecule is CCCN(CC1CCCNC1)C(=O)c1ccc(C)n1C. The summed E-state index contributed by atoms with van der Waals surface area (Å²) in [6.07, 6.45) is 3.46. The van der Waals surface area contributed by atoms with E-state index >= 15 is 0 Å². The Morgan fingerprint density at radius 3 is 2.85 bits per heavy atom. The predicted octanol–water partition coefficient (Wildman–Crippen LogP) is 2.19. The van der Waals surface area contributed by atoms with E-state index in [2.05, 4.69) is 12.2 Å². The molecule has 0 bridgehead atoms. The molecule has 112 valence electrons. The van der Waals surface area contributed by atoms with Crippen molar-refractivity contribution in [2.75, 3.05) is 26.2 Å². The number of hydrogen-bond acceptors (Lipinski definition) is 2. The van der Waals surface area contributed by atoms with Gasteiger partial charge in [-0.05, 0) is 57.3 Å². The molecule has 2 heterocycles. The topological polar surface area (TPSA) is 37.3 Å². The molecule has 1 aromatic rings. The van der Waals surface area contributed by atoms with Gasteiger partial charge in [0, 0.05) is 25.8 Å². The molecule has 20 heavy (non-hydrogen) atoms. The van der Waals surface area contributed by atoms with Gasteiger partial charge in [-0.2, -0.15) is 0 Å². The summed E-state index contributed by atoms with van der Waals surface area (Å²) >= 11 is 0. The fraction of sp³-hybridized carbons (Fsp3) is 0.688. The summed E-state index contributed by atoms with van der Waals surface area (Å²) in [5, 5.41) is 3.43. The van der Waals surface area contributed by atoms with Gasteiger partial charge in [0.05, 0.1) is 0 Å². The van der Waals surface area contributed by atoms with Crippen LogP contribution in [0.5, 0.6) is 0 Å². The minimum absolute atomic E-state index is 0.174. The first-order valence-electron chi connectivity index (χ1n) is 7.75. The van der Waals surface area contributed by atoms with E-state index in [1.807, 2.05) is 35.6 Å². The molecule has 1 aliphatic heterocycles. The van der Waals surface area contributed by atoms with Crippen molar-refractivity contribution >= 4 is 5.91 Å². The quantitative estimate of drug-likeness (QED) is 0.896. The third-order valence-electron chi connectivity index (χ3n) is 4.25. The molecule has 4 heteroatoms. The third-order valence-corrected chi connectivity index (χ3v) is 4.25. The van der Waals surface area contributed by atoms with Gasteiger partial charge in [0.2, 0.25) is 0 Å². The van der Waals surface area contributed by atoms with Gasteiger partial charge in [0.1, 0.15) is 5.69 Å². The molecule has 0 radical (unpaired) electrons. The van der Waals surface area contributed by atoms with Crippen LogP contribution in [0.1, 0.15) is 42.4 Å². The van der Waals surface area contributed by atoms with Crippen molar-refractivity contribution < 1.29 is 4.79 Å². The van der Waals surface area contributed by atoms with E-state index in [0.717, 1.165) is 44.0 Å².